The Kier molecular flexibility index (Phi) is 9.67. The molecule has 13 heavy (non-hydrogen) atoms. The number of ether oxygens (including phenoxy) is 1. The Bertz CT molecular complexity index is 139. The minimum Gasteiger partial charge on any atom is -0.659 e. The maximum absolute atomic E-state index is 4.98. The van der Waals surface area contributed by atoms with E-state index in [4.69, 9.17) is 4.74 Å². The zero-order chi connectivity index (χ0) is 8.49. The van der Waals surface area contributed by atoms with Crippen LogP contribution in [0.2, 0.25) is 0 Å². The van der Waals surface area contributed by atoms with Gasteiger partial charge >= 0.3 is 19.5 Å². The first-order chi connectivity index (χ1) is 6.00. The summed E-state index contributed by atoms with van der Waals surface area (Å²) < 4.78 is 4.98. The molecule has 0 spiro atoms. The van der Waals surface area contributed by atoms with E-state index in [1.54, 1.807) is 0 Å². The van der Waals surface area contributed by atoms with E-state index in [0.717, 1.165) is 26.3 Å². The van der Waals surface area contributed by atoms with E-state index in [2.05, 4.69) is 11.4 Å². The Morgan fingerprint density at radius 1 is 1.00 bits per heavy atom. The summed E-state index contributed by atoms with van der Waals surface area (Å²) in [4.78, 5) is 0. The molecule has 0 amide bonds. The van der Waals surface area contributed by atoms with Crippen LogP contribution in [-0.2, 0) is 24.2 Å². The van der Waals surface area contributed by atoms with Gasteiger partial charge < -0.3 is 10.1 Å². The Balaban J connectivity index is 0.000000206. The van der Waals surface area contributed by atoms with Crippen LogP contribution < -0.4 is 0 Å². The summed E-state index contributed by atoms with van der Waals surface area (Å²) in [7, 11) is 0. The SMILES string of the molecule is C1COCC[N-]1.[Zn+2].[c-]1ccccc1. The van der Waals surface area contributed by atoms with E-state index < -0.39 is 0 Å². The van der Waals surface area contributed by atoms with Gasteiger partial charge in [0, 0.05) is 13.2 Å². The molecule has 1 aliphatic rings. The number of nitrogens with zero attached hydrogens (tertiary/aromatic N) is 1. The van der Waals surface area contributed by atoms with Crippen molar-refractivity contribution in [3.63, 3.8) is 0 Å². The van der Waals surface area contributed by atoms with Crippen molar-refractivity contribution in [2.24, 2.45) is 0 Å². The van der Waals surface area contributed by atoms with Crippen molar-refractivity contribution < 1.29 is 24.2 Å². The van der Waals surface area contributed by atoms with Crippen LogP contribution >= 0.6 is 0 Å². The molecule has 1 fully saturated rings. The van der Waals surface area contributed by atoms with Crippen molar-refractivity contribution in [1.29, 1.82) is 0 Å². The van der Waals surface area contributed by atoms with Crippen LogP contribution in [0.5, 0.6) is 0 Å². The van der Waals surface area contributed by atoms with Gasteiger partial charge in [0.1, 0.15) is 0 Å². The normalized spacial score (nSPS) is 14.8. The van der Waals surface area contributed by atoms with Crippen LogP contribution in [0.25, 0.3) is 5.32 Å². The standard InChI is InChI=1S/C6H5.C4H8NO.Zn/c1-2-4-6-5-3-1;1-3-6-4-2-5-1;/h1-5H;1-4H2;/q2*-1;+2. The summed E-state index contributed by atoms with van der Waals surface area (Å²) in [5.74, 6) is 0. The monoisotopic (exact) mass is 227 g/mol. The molecule has 0 N–H and O–H groups in total. The third kappa shape index (κ3) is 8.10. The molecule has 2 rings (SSSR count). The van der Waals surface area contributed by atoms with Gasteiger partial charge in [-0.2, -0.15) is 36.4 Å². The van der Waals surface area contributed by atoms with E-state index >= 15 is 0 Å². The van der Waals surface area contributed by atoms with Gasteiger partial charge in [-0.15, -0.1) is 13.1 Å². The number of morpholine rings is 1. The Hall–Kier alpha value is -0.237. The fourth-order valence-electron chi connectivity index (χ4n) is 0.814. The quantitative estimate of drug-likeness (QED) is 0.491. The Morgan fingerprint density at radius 3 is 1.77 bits per heavy atom. The summed E-state index contributed by atoms with van der Waals surface area (Å²) in [5.41, 5.74) is 0. The molecule has 1 aromatic rings. The molecule has 1 aromatic carbocycles. The van der Waals surface area contributed by atoms with Gasteiger partial charge in [-0.05, 0) is 0 Å². The molecule has 0 bridgehead atoms. The third-order valence-corrected chi connectivity index (χ3v) is 1.39. The summed E-state index contributed by atoms with van der Waals surface area (Å²) in [5, 5.41) is 4.05. The molecule has 1 saturated heterocycles. The zero-order valence-corrected chi connectivity index (χ0v) is 10.7. The van der Waals surface area contributed by atoms with E-state index in [1.165, 1.54) is 0 Å². The van der Waals surface area contributed by atoms with Gasteiger partial charge in [0.2, 0.25) is 0 Å². The van der Waals surface area contributed by atoms with E-state index in [-0.39, 0.29) is 19.5 Å². The molecule has 1 heterocycles. The van der Waals surface area contributed by atoms with E-state index in [1.807, 2.05) is 30.3 Å². The Morgan fingerprint density at radius 2 is 1.62 bits per heavy atom. The molecule has 0 aliphatic carbocycles. The van der Waals surface area contributed by atoms with Crippen molar-refractivity contribution in [3.05, 3.63) is 41.7 Å². The van der Waals surface area contributed by atoms with Gasteiger partial charge in [0.25, 0.3) is 0 Å². The molecule has 0 unspecified atom stereocenters. The molecule has 0 atom stereocenters. The Labute approximate surface area is 92.4 Å². The number of benzene rings is 1. The van der Waals surface area contributed by atoms with Crippen LogP contribution in [-0.4, -0.2) is 26.3 Å². The van der Waals surface area contributed by atoms with Crippen molar-refractivity contribution in [3.8, 4) is 0 Å². The second-order valence-corrected chi connectivity index (χ2v) is 2.36. The van der Waals surface area contributed by atoms with E-state index in [0.29, 0.717) is 0 Å². The summed E-state index contributed by atoms with van der Waals surface area (Å²) in [6.45, 7) is 3.47. The molecule has 3 heteroatoms. The molecular formula is C10H13NOZn. The maximum Gasteiger partial charge on any atom is 2.00 e. The summed E-state index contributed by atoms with van der Waals surface area (Å²) >= 11 is 0. The van der Waals surface area contributed by atoms with Crippen LogP contribution in [0.15, 0.2) is 30.3 Å². The van der Waals surface area contributed by atoms with Crippen LogP contribution in [0.4, 0.5) is 0 Å². The minimum absolute atomic E-state index is 0. The molecule has 0 radical (unpaired) electrons. The predicted molar refractivity (Wildman–Crippen MR) is 49.2 cm³/mol. The van der Waals surface area contributed by atoms with Gasteiger partial charge in [-0.1, -0.05) is 0 Å². The molecule has 0 aromatic heterocycles. The first-order valence-electron chi connectivity index (χ1n) is 4.12. The average Bonchev–Trinajstić information content (AvgIpc) is 2.24. The predicted octanol–water partition coefficient (Wildman–Crippen LogP) is 1.87. The molecule has 66 valence electrons. The second kappa shape index (κ2) is 9.85. The van der Waals surface area contributed by atoms with Gasteiger partial charge in [0.05, 0.1) is 0 Å². The fraction of sp³-hybridized carbons (Fsp3) is 0.400. The van der Waals surface area contributed by atoms with Gasteiger partial charge in [-0.25, -0.2) is 0 Å². The summed E-state index contributed by atoms with van der Waals surface area (Å²) in [6, 6.07) is 12.5. The largest absolute Gasteiger partial charge is 2.00 e. The first-order valence-corrected chi connectivity index (χ1v) is 4.12. The van der Waals surface area contributed by atoms with Crippen LogP contribution in [0.3, 0.4) is 0 Å². The van der Waals surface area contributed by atoms with Crippen molar-refractivity contribution in [1.82, 2.24) is 0 Å². The smallest absolute Gasteiger partial charge is 0.659 e. The number of hydrogen-bond acceptors (Lipinski definition) is 1. The van der Waals surface area contributed by atoms with Crippen LogP contribution in [0, 0.1) is 6.07 Å². The third-order valence-electron chi connectivity index (χ3n) is 1.39. The fourth-order valence-corrected chi connectivity index (χ4v) is 0.814. The number of hydrogen-bond donors (Lipinski definition) is 0. The van der Waals surface area contributed by atoms with Crippen LogP contribution in [0.1, 0.15) is 0 Å². The van der Waals surface area contributed by atoms with Crippen molar-refractivity contribution in [2.45, 2.75) is 0 Å². The van der Waals surface area contributed by atoms with Gasteiger partial charge in [0.15, 0.2) is 0 Å². The van der Waals surface area contributed by atoms with Crippen molar-refractivity contribution >= 4 is 0 Å². The first kappa shape index (κ1) is 12.8. The molecule has 1 aliphatic heterocycles. The van der Waals surface area contributed by atoms with Crippen molar-refractivity contribution in [2.75, 3.05) is 26.3 Å². The molecule has 2 nitrogen and oxygen atoms in total. The maximum atomic E-state index is 4.98. The average molecular weight is 229 g/mol. The molecule has 0 saturated carbocycles. The second-order valence-electron chi connectivity index (χ2n) is 2.36. The molecular weight excluding hydrogens is 216 g/mol. The topological polar surface area (TPSA) is 23.3 Å². The zero-order valence-electron chi connectivity index (χ0n) is 7.78. The number of rotatable bonds is 0. The minimum atomic E-state index is 0. The van der Waals surface area contributed by atoms with Gasteiger partial charge in [-0.3, -0.25) is 0 Å². The van der Waals surface area contributed by atoms with E-state index in [9.17, 15) is 0 Å². The summed E-state index contributed by atoms with van der Waals surface area (Å²) in [6.07, 6.45) is 0.